The molecule has 0 atom stereocenters. The average molecular weight is 451 g/mol. The molecule has 0 fully saturated rings. The first-order chi connectivity index (χ1) is 12.7. The number of thioether (sulfide) groups is 1. The lowest BCUT2D eigenvalue weighted by Gasteiger charge is -2.07. The highest BCUT2D eigenvalue weighted by Crippen LogP contribution is 2.30. The van der Waals surface area contributed by atoms with Crippen LogP contribution in [0.25, 0.3) is 21.7 Å². The predicted octanol–water partition coefficient (Wildman–Crippen LogP) is 4.85. The van der Waals surface area contributed by atoms with E-state index in [0.29, 0.717) is 24.1 Å². The smallest absolute Gasteiger partial charge is 0.237 e. The van der Waals surface area contributed by atoms with E-state index in [0.717, 1.165) is 32.1 Å². The third kappa shape index (κ3) is 3.71. The summed E-state index contributed by atoms with van der Waals surface area (Å²) in [4.78, 5) is 10.2. The van der Waals surface area contributed by atoms with Crippen molar-refractivity contribution in [2.75, 3.05) is 13.7 Å². The Balaban J connectivity index is 1.53. The van der Waals surface area contributed by atoms with E-state index in [-0.39, 0.29) is 0 Å². The fourth-order valence-electron chi connectivity index (χ4n) is 2.53. The Hall–Kier alpha value is -1.68. The van der Waals surface area contributed by atoms with Crippen molar-refractivity contribution >= 4 is 50.1 Å². The minimum atomic E-state index is 0.565. The molecule has 0 aliphatic heterocycles. The van der Waals surface area contributed by atoms with Crippen LogP contribution in [0.2, 0.25) is 0 Å². The first kappa shape index (κ1) is 17.7. The Morgan fingerprint density at radius 3 is 3.00 bits per heavy atom. The van der Waals surface area contributed by atoms with Crippen LogP contribution in [0.15, 0.2) is 49.9 Å². The van der Waals surface area contributed by atoms with Crippen LogP contribution in [-0.4, -0.2) is 33.4 Å². The van der Waals surface area contributed by atoms with Crippen molar-refractivity contribution in [1.29, 1.82) is 0 Å². The molecule has 4 aromatic rings. The molecule has 3 heterocycles. The van der Waals surface area contributed by atoms with Gasteiger partial charge in [0.2, 0.25) is 11.7 Å². The van der Waals surface area contributed by atoms with Gasteiger partial charge < -0.3 is 13.8 Å². The highest BCUT2D eigenvalue weighted by Gasteiger charge is 2.14. The monoisotopic (exact) mass is 450 g/mol. The number of ether oxygens (including phenoxy) is 1. The molecule has 0 N–H and O–H groups in total. The number of imidazole rings is 1. The highest BCUT2D eigenvalue weighted by atomic mass is 79.9. The zero-order valence-electron chi connectivity index (χ0n) is 13.9. The summed E-state index contributed by atoms with van der Waals surface area (Å²) >= 11 is 6.60. The van der Waals surface area contributed by atoms with E-state index < -0.39 is 0 Å². The number of benzene rings is 1. The van der Waals surface area contributed by atoms with Gasteiger partial charge in [0.25, 0.3) is 0 Å². The molecule has 134 valence electrons. The van der Waals surface area contributed by atoms with Gasteiger partial charge in [-0.15, -0.1) is 11.3 Å². The van der Waals surface area contributed by atoms with Gasteiger partial charge in [-0.25, -0.2) is 4.98 Å². The quantitative estimate of drug-likeness (QED) is 0.375. The topological polar surface area (TPSA) is 66.0 Å². The summed E-state index contributed by atoms with van der Waals surface area (Å²) in [7, 11) is 1.70. The lowest BCUT2D eigenvalue weighted by molar-refractivity contribution is 0.186. The molecule has 0 saturated carbocycles. The second-order valence-electron chi connectivity index (χ2n) is 5.46. The molecule has 0 radical (unpaired) electrons. The number of nitrogens with zero attached hydrogens (tertiary/aromatic N) is 4. The second kappa shape index (κ2) is 7.91. The lowest BCUT2D eigenvalue weighted by Crippen LogP contribution is -2.05. The molecule has 6 nitrogen and oxygen atoms in total. The standard InChI is InChI=1S/C17H15BrN4O2S2/c1-23-7-6-22-13-5-3-2-4-12(13)19-17(22)26-10-15-20-16(21-24-15)14-8-11(18)9-25-14/h2-5,8-9H,6-7,10H2,1H3. The molecule has 3 aromatic heterocycles. The van der Waals surface area contributed by atoms with Gasteiger partial charge in [0.15, 0.2) is 5.16 Å². The number of aromatic nitrogens is 4. The van der Waals surface area contributed by atoms with Crippen molar-refractivity contribution in [1.82, 2.24) is 19.7 Å². The number of rotatable bonds is 7. The van der Waals surface area contributed by atoms with E-state index in [2.05, 4.69) is 36.7 Å². The van der Waals surface area contributed by atoms with Crippen LogP contribution < -0.4 is 0 Å². The van der Waals surface area contributed by atoms with Gasteiger partial charge in [-0.05, 0) is 34.1 Å². The summed E-state index contributed by atoms with van der Waals surface area (Å²) in [6.45, 7) is 1.38. The number of thiophene rings is 1. The molecular weight excluding hydrogens is 436 g/mol. The molecule has 0 unspecified atom stereocenters. The largest absolute Gasteiger partial charge is 0.383 e. The summed E-state index contributed by atoms with van der Waals surface area (Å²) in [6.07, 6.45) is 0. The third-order valence-corrected chi connectivity index (χ3v) is 6.37. The summed E-state index contributed by atoms with van der Waals surface area (Å²) in [5.41, 5.74) is 2.07. The van der Waals surface area contributed by atoms with Crippen molar-refractivity contribution in [2.45, 2.75) is 17.5 Å². The maximum atomic E-state index is 5.39. The molecule has 0 aliphatic rings. The number of para-hydroxylation sites is 2. The Labute approximate surface area is 166 Å². The van der Waals surface area contributed by atoms with Gasteiger partial charge >= 0.3 is 0 Å². The van der Waals surface area contributed by atoms with Crippen LogP contribution in [0.4, 0.5) is 0 Å². The van der Waals surface area contributed by atoms with Crippen molar-refractivity contribution in [3.8, 4) is 10.7 Å². The number of halogens is 1. The first-order valence-corrected chi connectivity index (χ1v) is 10.5. The summed E-state index contributed by atoms with van der Waals surface area (Å²) < 4.78 is 13.8. The second-order valence-corrected chi connectivity index (χ2v) is 8.23. The van der Waals surface area contributed by atoms with E-state index in [1.165, 1.54) is 0 Å². The van der Waals surface area contributed by atoms with Gasteiger partial charge in [0.1, 0.15) is 0 Å². The van der Waals surface area contributed by atoms with E-state index in [9.17, 15) is 0 Å². The zero-order chi connectivity index (χ0) is 17.9. The van der Waals surface area contributed by atoms with E-state index in [1.54, 1.807) is 30.2 Å². The lowest BCUT2D eigenvalue weighted by atomic mass is 10.3. The van der Waals surface area contributed by atoms with Crippen molar-refractivity contribution in [3.05, 3.63) is 46.1 Å². The van der Waals surface area contributed by atoms with E-state index in [1.807, 2.05) is 29.6 Å². The minimum Gasteiger partial charge on any atom is -0.383 e. The molecule has 1 aromatic carbocycles. The minimum absolute atomic E-state index is 0.565. The van der Waals surface area contributed by atoms with Gasteiger partial charge in [-0.1, -0.05) is 29.1 Å². The van der Waals surface area contributed by atoms with Crippen LogP contribution in [0, 0.1) is 0 Å². The number of methoxy groups -OCH3 is 1. The van der Waals surface area contributed by atoms with Gasteiger partial charge in [-0.2, -0.15) is 4.98 Å². The molecular formula is C17H15BrN4O2S2. The normalized spacial score (nSPS) is 11.5. The predicted molar refractivity (Wildman–Crippen MR) is 106 cm³/mol. The SMILES string of the molecule is COCCn1c(SCc2nc(-c3cc(Br)cs3)no2)nc2ccccc21. The van der Waals surface area contributed by atoms with E-state index >= 15 is 0 Å². The molecule has 4 rings (SSSR count). The maximum Gasteiger partial charge on any atom is 0.237 e. The molecule has 26 heavy (non-hydrogen) atoms. The maximum absolute atomic E-state index is 5.39. The number of hydrogen-bond donors (Lipinski definition) is 0. The van der Waals surface area contributed by atoms with Crippen molar-refractivity contribution in [2.24, 2.45) is 0 Å². The van der Waals surface area contributed by atoms with Gasteiger partial charge in [0, 0.05) is 23.5 Å². The van der Waals surface area contributed by atoms with Crippen molar-refractivity contribution < 1.29 is 9.26 Å². The summed E-state index contributed by atoms with van der Waals surface area (Å²) in [6, 6.07) is 10.1. The first-order valence-electron chi connectivity index (χ1n) is 7.88. The summed E-state index contributed by atoms with van der Waals surface area (Å²) in [5.74, 6) is 1.76. The zero-order valence-corrected chi connectivity index (χ0v) is 17.1. The molecule has 9 heteroatoms. The Morgan fingerprint density at radius 1 is 1.31 bits per heavy atom. The molecule has 0 spiro atoms. The van der Waals surface area contributed by atoms with Crippen LogP contribution in [0.3, 0.4) is 0 Å². The summed E-state index contributed by atoms with van der Waals surface area (Å²) in [5, 5.41) is 6.99. The van der Waals surface area contributed by atoms with Gasteiger partial charge in [-0.3, -0.25) is 0 Å². The molecule has 0 bridgehead atoms. The Kier molecular flexibility index (Phi) is 5.39. The number of fused-ring (bicyclic) bond motifs is 1. The molecule has 0 aliphatic carbocycles. The van der Waals surface area contributed by atoms with E-state index in [4.69, 9.17) is 14.2 Å². The number of hydrogen-bond acceptors (Lipinski definition) is 7. The van der Waals surface area contributed by atoms with Crippen LogP contribution >= 0.6 is 39.0 Å². The van der Waals surface area contributed by atoms with Crippen LogP contribution in [0.1, 0.15) is 5.89 Å². The molecule has 0 amide bonds. The van der Waals surface area contributed by atoms with Crippen LogP contribution in [0.5, 0.6) is 0 Å². The third-order valence-electron chi connectivity index (χ3n) is 3.72. The van der Waals surface area contributed by atoms with Crippen LogP contribution in [-0.2, 0) is 17.0 Å². The highest BCUT2D eigenvalue weighted by molar-refractivity contribution is 9.10. The fourth-order valence-corrected chi connectivity index (χ4v) is 4.76. The molecule has 0 saturated heterocycles. The average Bonchev–Trinajstić information content (AvgIpc) is 3.36. The van der Waals surface area contributed by atoms with Crippen molar-refractivity contribution in [3.63, 3.8) is 0 Å². The van der Waals surface area contributed by atoms with Gasteiger partial charge in [0.05, 0.1) is 28.3 Å². The Morgan fingerprint density at radius 2 is 2.19 bits per heavy atom. The fraction of sp³-hybridized carbons (Fsp3) is 0.235. The Bertz CT molecular complexity index is 1030.